The van der Waals surface area contributed by atoms with Gasteiger partial charge in [-0.3, -0.25) is 4.79 Å². The first-order chi connectivity index (χ1) is 13.7. The largest absolute Gasteiger partial charge is 0.433 e. The Morgan fingerprint density at radius 3 is 2.38 bits per heavy atom. The maximum absolute atomic E-state index is 13.2. The fourth-order valence-electron chi connectivity index (χ4n) is 2.30. The van der Waals surface area contributed by atoms with Crippen molar-refractivity contribution < 1.29 is 18.0 Å². The molecule has 0 atom stereocenters. The van der Waals surface area contributed by atoms with Gasteiger partial charge in [0.05, 0.1) is 11.4 Å². The topological polar surface area (TPSA) is 54.9 Å². The van der Waals surface area contributed by atoms with Crippen LogP contribution < -0.4 is 5.32 Å². The average Bonchev–Trinajstić information content (AvgIpc) is 2.66. The molecule has 0 fully saturated rings. The second-order valence-electron chi connectivity index (χ2n) is 5.77. The number of carbonyl (C=O) groups is 1. The van der Waals surface area contributed by atoms with Gasteiger partial charge in [-0.1, -0.05) is 53.2 Å². The summed E-state index contributed by atoms with van der Waals surface area (Å²) in [6.07, 6.45) is -4.65. The molecule has 0 aliphatic heterocycles. The van der Waals surface area contributed by atoms with Crippen LogP contribution in [-0.2, 0) is 11.0 Å². The van der Waals surface area contributed by atoms with Crippen molar-refractivity contribution in [3.05, 3.63) is 70.3 Å². The molecule has 0 radical (unpaired) electrons. The summed E-state index contributed by atoms with van der Waals surface area (Å²) in [4.78, 5) is 19.8. The van der Waals surface area contributed by atoms with E-state index < -0.39 is 17.8 Å². The minimum Gasteiger partial charge on any atom is -0.325 e. The number of anilines is 1. The minimum atomic E-state index is -4.65. The number of hydrogen-bond acceptors (Lipinski definition) is 4. The van der Waals surface area contributed by atoms with Crippen LogP contribution in [0.15, 0.2) is 59.8 Å². The zero-order valence-corrected chi connectivity index (χ0v) is 16.8. The minimum absolute atomic E-state index is 0.0849. The van der Waals surface area contributed by atoms with Crippen LogP contribution in [0.4, 0.5) is 18.9 Å². The number of carbonyl (C=O) groups excluding carboxylic acids is 1. The average molecular weight is 458 g/mol. The Morgan fingerprint density at radius 2 is 1.72 bits per heavy atom. The van der Waals surface area contributed by atoms with Crippen LogP contribution in [0.2, 0.25) is 10.0 Å². The Hall–Kier alpha value is -2.29. The van der Waals surface area contributed by atoms with Crippen molar-refractivity contribution in [3.8, 4) is 11.3 Å². The molecule has 150 valence electrons. The number of alkyl halides is 3. The van der Waals surface area contributed by atoms with Crippen molar-refractivity contribution in [1.82, 2.24) is 9.97 Å². The molecule has 0 unspecified atom stereocenters. The molecule has 0 spiro atoms. The predicted octanol–water partition coefficient (Wildman–Crippen LogP) is 6.20. The first-order valence-corrected chi connectivity index (χ1v) is 9.85. The van der Waals surface area contributed by atoms with Gasteiger partial charge in [0, 0.05) is 21.3 Å². The predicted molar refractivity (Wildman–Crippen MR) is 108 cm³/mol. The zero-order valence-electron chi connectivity index (χ0n) is 14.5. The maximum Gasteiger partial charge on any atom is 0.433 e. The number of hydrogen-bond donors (Lipinski definition) is 1. The lowest BCUT2D eigenvalue weighted by atomic mass is 10.1. The van der Waals surface area contributed by atoms with Gasteiger partial charge < -0.3 is 5.32 Å². The number of aromatic nitrogens is 2. The third-order valence-electron chi connectivity index (χ3n) is 3.58. The normalized spacial score (nSPS) is 11.3. The molecule has 0 aliphatic rings. The number of benzene rings is 2. The van der Waals surface area contributed by atoms with Crippen LogP contribution in [0.25, 0.3) is 11.3 Å². The number of amides is 1. The van der Waals surface area contributed by atoms with Crippen molar-refractivity contribution in [2.45, 2.75) is 11.3 Å². The fraction of sp³-hybridized carbons (Fsp3) is 0.105. The molecular formula is C19H12Cl2F3N3OS. The van der Waals surface area contributed by atoms with E-state index in [-0.39, 0.29) is 16.6 Å². The highest BCUT2D eigenvalue weighted by Crippen LogP contribution is 2.32. The Kier molecular flexibility index (Phi) is 6.66. The third-order valence-corrected chi connectivity index (χ3v) is 4.91. The number of rotatable bonds is 5. The molecule has 1 amide bonds. The molecule has 1 aromatic heterocycles. The number of nitrogens with zero attached hydrogens (tertiary/aromatic N) is 2. The summed E-state index contributed by atoms with van der Waals surface area (Å²) in [5.74, 6) is -0.597. The van der Waals surface area contributed by atoms with Gasteiger partial charge in [-0.2, -0.15) is 13.2 Å². The van der Waals surface area contributed by atoms with Crippen LogP contribution >= 0.6 is 35.0 Å². The summed E-state index contributed by atoms with van der Waals surface area (Å²) in [6.45, 7) is 0. The number of nitrogens with one attached hydrogen (secondary N) is 1. The molecule has 4 nitrogen and oxygen atoms in total. The van der Waals surface area contributed by atoms with E-state index in [0.29, 0.717) is 21.3 Å². The first-order valence-electron chi connectivity index (χ1n) is 8.11. The van der Waals surface area contributed by atoms with Gasteiger partial charge in [0.1, 0.15) is 5.69 Å². The molecule has 10 heteroatoms. The summed E-state index contributed by atoms with van der Waals surface area (Å²) in [7, 11) is 0. The highest BCUT2D eigenvalue weighted by atomic mass is 35.5. The van der Waals surface area contributed by atoms with E-state index in [1.54, 1.807) is 48.5 Å². The van der Waals surface area contributed by atoms with Gasteiger partial charge in [-0.25, -0.2) is 9.97 Å². The van der Waals surface area contributed by atoms with Crippen LogP contribution in [0.3, 0.4) is 0 Å². The Bertz CT molecular complexity index is 1030. The van der Waals surface area contributed by atoms with E-state index in [0.717, 1.165) is 17.8 Å². The summed E-state index contributed by atoms with van der Waals surface area (Å²) in [5, 5.41) is 3.35. The second kappa shape index (κ2) is 9.02. The number of halogens is 5. The standard InChI is InChI=1S/C19H12Cl2F3N3OS/c20-12-6-4-11(5-7-12)15-9-16(19(22,23)24)27-18(26-15)29-10-17(28)25-14-3-1-2-13(21)8-14/h1-9H,10H2,(H,25,28). The molecule has 0 saturated carbocycles. The maximum atomic E-state index is 13.2. The molecule has 0 aliphatic carbocycles. The Morgan fingerprint density at radius 1 is 1.00 bits per heavy atom. The van der Waals surface area contributed by atoms with E-state index in [1.165, 1.54) is 0 Å². The molecule has 0 saturated heterocycles. The SMILES string of the molecule is O=C(CSc1nc(-c2ccc(Cl)cc2)cc(C(F)(F)F)n1)Nc1cccc(Cl)c1. The lowest BCUT2D eigenvalue weighted by molar-refractivity contribution is -0.141. The fourth-order valence-corrected chi connectivity index (χ4v) is 3.27. The summed E-state index contributed by atoms with van der Waals surface area (Å²) >= 11 is 12.5. The first kappa shape index (κ1) is 21.4. The highest BCUT2D eigenvalue weighted by Gasteiger charge is 2.34. The van der Waals surface area contributed by atoms with Crippen molar-refractivity contribution >= 4 is 46.6 Å². The van der Waals surface area contributed by atoms with E-state index in [1.807, 2.05) is 0 Å². The summed E-state index contributed by atoms with van der Waals surface area (Å²) in [5.41, 5.74) is -0.0700. The van der Waals surface area contributed by atoms with Gasteiger partial charge in [0.2, 0.25) is 5.91 Å². The molecule has 1 N–H and O–H groups in total. The van der Waals surface area contributed by atoms with Crippen molar-refractivity contribution in [1.29, 1.82) is 0 Å². The van der Waals surface area contributed by atoms with Gasteiger partial charge in [0.25, 0.3) is 0 Å². The number of thioether (sulfide) groups is 1. The molecular weight excluding hydrogens is 446 g/mol. The zero-order chi connectivity index (χ0) is 21.0. The Labute approximate surface area is 178 Å². The van der Waals surface area contributed by atoms with Crippen LogP contribution in [0.1, 0.15) is 5.69 Å². The summed E-state index contributed by atoms with van der Waals surface area (Å²) < 4.78 is 39.7. The lowest BCUT2D eigenvalue weighted by Gasteiger charge is -2.11. The smallest absolute Gasteiger partial charge is 0.325 e. The van der Waals surface area contributed by atoms with E-state index in [9.17, 15) is 18.0 Å². The van der Waals surface area contributed by atoms with Crippen LogP contribution in [-0.4, -0.2) is 21.6 Å². The van der Waals surface area contributed by atoms with E-state index in [2.05, 4.69) is 15.3 Å². The third kappa shape index (κ3) is 6.09. The molecule has 3 aromatic rings. The van der Waals surface area contributed by atoms with Gasteiger partial charge in [-0.05, 0) is 36.4 Å². The molecule has 0 bridgehead atoms. The highest BCUT2D eigenvalue weighted by molar-refractivity contribution is 7.99. The van der Waals surface area contributed by atoms with Crippen LogP contribution in [0, 0.1) is 0 Å². The van der Waals surface area contributed by atoms with E-state index in [4.69, 9.17) is 23.2 Å². The van der Waals surface area contributed by atoms with Crippen molar-refractivity contribution in [3.63, 3.8) is 0 Å². The molecule has 29 heavy (non-hydrogen) atoms. The summed E-state index contributed by atoms with van der Waals surface area (Å²) in [6, 6.07) is 13.6. The quantitative estimate of drug-likeness (QED) is 0.366. The van der Waals surface area contributed by atoms with Crippen molar-refractivity contribution in [2.24, 2.45) is 0 Å². The molecule has 2 aromatic carbocycles. The lowest BCUT2D eigenvalue weighted by Crippen LogP contribution is -2.15. The van der Waals surface area contributed by atoms with E-state index >= 15 is 0 Å². The van der Waals surface area contributed by atoms with Crippen LogP contribution in [0.5, 0.6) is 0 Å². The molecule has 3 rings (SSSR count). The van der Waals surface area contributed by atoms with Crippen molar-refractivity contribution in [2.75, 3.05) is 11.1 Å². The molecule has 1 heterocycles. The van der Waals surface area contributed by atoms with Gasteiger partial charge in [-0.15, -0.1) is 0 Å². The van der Waals surface area contributed by atoms with Gasteiger partial charge >= 0.3 is 6.18 Å². The van der Waals surface area contributed by atoms with Gasteiger partial charge in [0.15, 0.2) is 5.16 Å². The monoisotopic (exact) mass is 457 g/mol. The second-order valence-corrected chi connectivity index (χ2v) is 7.59. The Balaban J connectivity index is 1.79.